The first-order valence-corrected chi connectivity index (χ1v) is 8.25. The Hall–Kier alpha value is -0.570. The second-order valence-electron chi connectivity index (χ2n) is 8.78. The first-order valence-electron chi connectivity index (χ1n) is 7.35. The Labute approximate surface area is 127 Å². The molecular formula is C19H29P. The molecule has 0 N–H and O–H groups in total. The minimum atomic E-state index is 0.0741. The first-order chi connectivity index (χ1) is 8.78. The molecule has 0 nitrogen and oxygen atoms in total. The van der Waals surface area contributed by atoms with E-state index in [0.29, 0.717) is 8.04 Å². The average Bonchev–Trinajstić information content (AvgIpc) is 2.23. The average molecular weight is 288 g/mol. The number of hydrogen-bond acceptors (Lipinski definition) is 0. The monoisotopic (exact) mass is 288 g/mol. The molecule has 0 radical (unpaired) electrons. The molecule has 20 heavy (non-hydrogen) atoms. The Balaban J connectivity index is 3.81. The summed E-state index contributed by atoms with van der Waals surface area (Å²) in [5.74, 6) is 0. The van der Waals surface area contributed by atoms with Crippen LogP contribution in [0.25, 0.3) is 0 Å². The van der Waals surface area contributed by atoms with Crippen LogP contribution in [0.4, 0.5) is 0 Å². The fourth-order valence-corrected chi connectivity index (χ4v) is 3.37. The molecule has 0 aliphatic carbocycles. The van der Waals surface area contributed by atoms with E-state index in [0.717, 1.165) is 0 Å². The first kappa shape index (κ1) is 17.5. The number of hydrogen-bond donors (Lipinski definition) is 0. The molecular weight excluding hydrogens is 259 g/mol. The van der Waals surface area contributed by atoms with E-state index in [-0.39, 0.29) is 16.2 Å². The van der Waals surface area contributed by atoms with Gasteiger partial charge in [-0.15, -0.1) is 0 Å². The summed E-state index contributed by atoms with van der Waals surface area (Å²) >= 11 is 0. The molecule has 1 aromatic carbocycles. The van der Waals surface area contributed by atoms with Crippen LogP contribution in [-0.4, -0.2) is 0 Å². The summed E-state index contributed by atoms with van der Waals surface area (Å²) in [6, 6.07) is 4.65. The van der Waals surface area contributed by atoms with Crippen LogP contribution in [0.1, 0.15) is 79.0 Å². The van der Waals surface area contributed by atoms with E-state index in [9.17, 15) is 0 Å². The van der Waals surface area contributed by atoms with Crippen LogP contribution in [-0.2, 0) is 16.2 Å². The summed E-state index contributed by atoms with van der Waals surface area (Å²) < 4.78 is 0. The normalized spacial score (nSPS) is 13.4. The summed E-state index contributed by atoms with van der Waals surface area (Å²) in [5, 5.41) is 1.19. The molecule has 1 rings (SSSR count). The predicted octanol–water partition coefficient (Wildman–Crippen LogP) is 5.70. The number of rotatable bonds is 0. The van der Waals surface area contributed by atoms with Crippen LogP contribution >= 0.6 is 8.04 Å². The van der Waals surface area contributed by atoms with Gasteiger partial charge in [0, 0.05) is 0 Å². The van der Waals surface area contributed by atoms with E-state index in [1.807, 2.05) is 0 Å². The zero-order chi connectivity index (χ0) is 15.9. The topological polar surface area (TPSA) is 0 Å². The van der Waals surface area contributed by atoms with Crippen molar-refractivity contribution in [3.8, 4) is 0 Å². The third-order valence-electron chi connectivity index (χ3n) is 3.70. The van der Waals surface area contributed by atoms with Crippen molar-refractivity contribution in [1.82, 2.24) is 0 Å². The molecule has 0 aliphatic heterocycles. The van der Waals surface area contributed by atoms with Crippen molar-refractivity contribution in [2.24, 2.45) is 0 Å². The molecule has 0 saturated carbocycles. The maximum atomic E-state index is 7.98. The Morgan fingerprint density at radius 2 is 1.05 bits per heavy atom. The van der Waals surface area contributed by atoms with Crippen molar-refractivity contribution >= 4 is 13.3 Å². The molecule has 0 saturated heterocycles. The summed E-state index contributed by atoms with van der Waals surface area (Å²) in [6.07, 6.45) is 7.98. The molecule has 0 heterocycles. The van der Waals surface area contributed by atoms with E-state index in [4.69, 9.17) is 6.13 Å². The van der Waals surface area contributed by atoms with Gasteiger partial charge in [0.15, 0.2) is 0 Å². The van der Waals surface area contributed by atoms with Gasteiger partial charge >= 0.3 is 127 Å². The zero-order valence-corrected chi connectivity index (χ0v) is 15.5. The standard InChI is InChI=1S/C19H29P/c1-17(2,3)13-11-14(18(4,5)6)16(20-10)15(12-13)19(7,8)9/h11-12H,1-9H3. The zero-order valence-electron chi connectivity index (χ0n) is 14.6. The molecule has 0 atom stereocenters. The Morgan fingerprint density at radius 1 is 0.700 bits per heavy atom. The molecule has 0 unspecified atom stereocenters. The van der Waals surface area contributed by atoms with Crippen LogP contribution in [0, 0.1) is 6.13 Å². The molecule has 0 amide bonds. The molecule has 0 spiro atoms. The van der Waals surface area contributed by atoms with Gasteiger partial charge in [0.05, 0.1) is 0 Å². The third-order valence-corrected chi connectivity index (χ3v) is 4.41. The van der Waals surface area contributed by atoms with Gasteiger partial charge in [-0.3, -0.25) is 0 Å². The Kier molecular flexibility index (Phi) is 4.65. The molecule has 110 valence electrons. The van der Waals surface area contributed by atoms with Crippen molar-refractivity contribution in [2.75, 3.05) is 0 Å². The van der Waals surface area contributed by atoms with Crippen molar-refractivity contribution in [1.29, 1.82) is 0 Å². The van der Waals surface area contributed by atoms with E-state index >= 15 is 0 Å². The van der Waals surface area contributed by atoms with Crippen LogP contribution in [0.3, 0.4) is 0 Å². The summed E-state index contributed by atoms with van der Waals surface area (Å²) in [4.78, 5) is 0. The molecule has 0 aliphatic rings. The van der Waals surface area contributed by atoms with Crippen LogP contribution in [0.15, 0.2) is 12.1 Å². The van der Waals surface area contributed by atoms with Gasteiger partial charge in [-0.2, -0.15) is 0 Å². The molecule has 1 aromatic rings. The van der Waals surface area contributed by atoms with Gasteiger partial charge < -0.3 is 0 Å². The molecule has 0 aromatic heterocycles. The van der Waals surface area contributed by atoms with Gasteiger partial charge in [-0.25, -0.2) is 0 Å². The van der Waals surface area contributed by atoms with Gasteiger partial charge in [-0.05, 0) is 0 Å². The summed E-state index contributed by atoms with van der Waals surface area (Å²) in [6.45, 7) is 20.3. The molecule has 1 heteroatoms. The maximum absolute atomic E-state index is 7.98. The van der Waals surface area contributed by atoms with Crippen molar-refractivity contribution < 1.29 is 0 Å². The second kappa shape index (κ2) is 5.32. The van der Waals surface area contributed by atoms with Gasteiger partial charge in [0.2, 0.25) is 0 Å². The van der Waals surface area contributed by atoms with E-state index < -0.39 is 0 Å². The summed E-state index contributed by atoms with van der Waals surface area (Å²) in [5.41, 5.74) is 4.31. The molecule has 0 fully saturated rings. The van der Waals surface area contributed by atoms with E-state index in [2.05, 4.69) is 74.4 Å². The van der Waals surface area contributed by atoms with Crippen LogP contribution < -0.4 is 5.30 Å². The minimum absolute atomic E-state index is 0.0741. The SMILES string of the molecule is [C-]#[P+]c1c(C(C)(C)C)cc(C(C)(C)C)cc1C(C)(C)C. The predicted molar refractivity (Wildman–Crippen MR) is 92.3 cm³/mol. The van der Waals surface area contributed by atoms with E-state index in [1.54, 1.807) is 0 Å². The van der Waals surface area contributed by atoms with E-state index in [1.165, 1.54) is 22.0 Å². The Bertz CT molecular complexity index is 502. The van der Waals surface area contributed by atoms with Crippen molar-refractivity contribution in [3.63, 3.8) is 0 Å². The second-order valence-corrected chi connectivity index (χ2v) is 9.45. The van der Waals surface area contributed by atoms with Crippen molar-refractivity contribution in [2.45, 2.75) is 78.6 Å². The fraction of sp³-hybridized carbons (Fsp3) is 0.632. The summed E-state index contributed by atoms with van der Waals surface area (Å²) in [7, 11) is 0.625. The third kappa shape index (κ3) is 3.75. The van der Waals surface area contributed by atoms with Gasteiger partial charge in [0.1, 0.15) is 0 Å². The number of benzene rings is 1. The Morgan fingerprint density at radius 3 is 1.25 bits per heavy atom. The van der Waals surface area contributed by atoms with Gasteiger partial charge in [-0.1, -0.05) is 0 Å². The fourth-order valence-electron chi connectivity index (χ4n) is 2.33. The van der Waals surface area contributed by atoms with Gasteiger partial charge in [0.25, 0.3) is 0 Å². The van der Waals surface area contributed by atoms with Crippen molar-refractivity contribution in [3.05, 3.63) is 35.0 Å². The quantitative estimate of drug-likeness (QED) is 0.424. The van der Waals surface area contributed by atoms with Crippen LogP contribution in [0.2, 0.25) is 0 Å². The van der Waals surface area contributed by atoms with Crippen LogP contribution in [0.5, 0.6) is 0 Å². The molecule has 0 bridgehead atoms.